The maximum atomic E-state index is 13.3. The molecule has 0 N–H and O–H groups in total. The zero-order chi connectivity index (χ0) is 19.8. The Balaban J connectivity index is 1.83. The highest BCUT2D eigenvalue weighted by atomic mass is 16.2. The number of rotatable bonds is 3. The van der Waals surface area contributed by atoms with Gasteiger partial charge < -0.3 is 9.80 Å². The van der Waals surface area contributed by atoms with E-state index in [-0.39, 0.29) is 17.4 Å². The van der Waals surface area contributed by atoms with Crippen LogP contribution in [0, 0.1) is 0 Å². The van der Waals surface area contributed by atoms with Crippen LogP contribution in [-0.2, 0) is 11.3 Å². The number of nitrogens with zero attached hydrogens (tertiary/aromatic N) is 5. The fraction of sp³-hybridized carbons (Fsp3) is 0.750. The molecule has 150 valence electrons. The summed E-state index contributed by atoms with van der Waals surface area (Å²) in [7, 11) is 4.01. The van der Waals surface area contributed by atoms with E-state index in [1.165, 1.54) is 0 Å². The van der Waals surface area contributed by atoms with Crippen LogP contribution in [0.1, 0.15) is 62.1 Å². The molecule has 7 nitrogen and oxygen atoms in total. The maximum absolute atomic E-state index is 13.3. The molecule has 2 aliphatic heterocycles. The lowest BCUT2D eigenvalue weighted by Crippen LogP contribution is -2.62. The van der Waals surface area contributed by atoms with Gasteiger partial charge in [0.25, 0.3) is 5.91 Å². The Morgan fingerprint density at radius 1 is 1.22 bits per heavy atom. The fourth-order valence-corrected chi connectivity index (χ4v) is 4.23. The molecule has 27 heavy (non-hydrogen) atoms. The molecule has 1 spiro atoms. The second-order valence-corrected chi connectivity index (χ2v) is 8.36. The number of likely N-dealkylation sites (tertiary alicyclic amines) is 1. The van der Waals surface area contributed by atoms with E-state index in [2.05, 4.69) is 30.9 Å². The summed E-state index contributed by atoms with van der Waals surface area (Å²) in [6.45, 7) is 9.87. The van der Waals surface area contributed by atoms with E-state index in [9.17, 15) is 9.59 Å². The van der Waals surface area contributed by atoms with Gasteiger partial charge in [0, 0.05) is 51.7 Å². The van der Waals surface area contributed by atoms with Crippen molar-refractivity contribution in [3.05, 3.63) is 17.5 Å². The number of carbonyl (C=O) groups excluding carboxylic acids is 2. The Labute approximate surface area is 162 Å². The predicted octanol–water partition coefficient (Wildman–Crippen LogP) is 1.80. The summed E-state index contributed by atoms with van der Waals surface area (Å²) in [5.74, 6) is 0.564. The van der Waals surface area contributed by atoms with Crippen molar-refractivity contribution in [2.24, 2.45) is 0 Å². The Morgan fingerprint density at radius 2 is 1.96 bits per heavy atom. The molecule has 0 bridgehead atoms. The first-order valence-electron chi connectivity index (χ1n) is 10.1. The summed E-state index contributed by atoms with van der Waals surface area (Å²) >= 11 is 0. The molecule has 7 heteroatoms. The second-order valence-electron chi connectivity index (χ2n) is 8.36. The van der Waals surface area contributed by atoms with Gasteiger partial charge in [-0.05, 0) is 38.8 Å². The summed E-state index contributed by atoms with van der Waals surface area (Å²) in [6, 6.07) is 1.95. The van der Waals surface area contributed by atoms with Crippen molar-refractivity contribution < 1.29 is 9.59 Å². The third kappa shape index (κ3) is 3.74. The Hall–Kier alpha value is -1.89. The molecule has 0 radical (unpaired) electrons. The molecule has 0 aliphatic carbocycles. The zero-order valence-corrected chi connectivity index (χ0v) is 17.4. The maximum Gasteiger partial charge on any atom is 0.272 e. The summed E-state index contributed by atoms with van der Waals surface area (Å²) in [4.78, 5) is 31.6. The van der Waals surface area contributed by atoms with Crippen LogP contribution in [0.15, 0.2) is 6.07 Å². The van der Waals surface area contributed by atoms with Crippen LogP contribution in [0.2, 0.25) is 0 Å². The van der Waals surface area contributed by atoms with Crippen molar-refractivity contribution in [1.29, 1.82) is 0 Å². The first kappa shape index (κ1) is 19.9. The van der Waals surface area contributed by atoms with Gasteiger partial charge in [-0.25, -0.2) is 0 Å². The third-order valence-electron chi connectivity index (χ3n) is 6.34. The normalized spacial score (nSPS) is 24.7. The van der Waals surface area contributed by atoms with Crippen molar-refractivity contribution in [1.82, 2.24) is 24.5 Å². The average molecular weight is 376 g/mol. The van der Waals surface area contributed by atoms with Crippen LogP contribution in [0.25, 0.3) is 0 Å². The highest BCUT2D eigenvalue weighted by molar-refractivity contribution is 5.93. The number of piperazine rings is 1. The number of aromatic nitrogens is 2. The topological polar surface area (TPSA) is 61.7 Å². The molecule has 2 amide bonds. The van der Waals surface area contributed by atoms with Gasteiger partial charge in [0.2, 0.25) is 5.91 Å². The van der Waals surface area contributed by atoms with Gasteiger partial charge in [-0.2, -0.15) is 5.10 Å². The van der Waals surface area contributed by atoms with Crippen LogP contribution >= 0.6 is 0 Å². The number of hydrogen-bond acceptors (Lipinski definition) is 4. The molecule has 1 atom stereocenters. The molecule has 0 unspecified atom stereocenters. The van der Waals surface area contributed by atoms with Gasteiger partial charge in [-0.3, -0.25) is 19.2 Å². The highest BCUT2D eigenvalue weighted by Crippen LogP contribution is 2.32. The smallest absolute Gasteiger partial charge is 0.272 e. The SMILES string of the molecule is CCn1nc(C(C)C)cc1C(=O)N1CCN(C)[C@]2(CCC(=O)N(C)CC2)C1. The lowest BCUT2D eigenvalue weighted by Gasteiger charge is -2.49. The van der Waals surface area contributed by atoms with Crippen LogP contribution in [0.3, 0.4) is 0 Å². The quantitative estimate of drug-likeness (QED) is 0.808. The van der Waals surface area contributed by atoms with Crippen molar-refractivity contribution in [3.8, 4) is 0 Å². The van der Waals surface area contributed by atoms with E-state index in [0.29, 0.717) is 37.7 Å². The number of hydrogen-bond donors (Lipinski definition) is 0. The third-order valence-corrected chi connectivity index (χ3v) is 6.34. The molecule has 0 aromatic carbocycles. The first-order valence-corrected chi connectivity index (χ1v) is 10.1. The lowest BCUT2D eigenvalue weighted by atomic mass is 9.86. The molecule has 3 heterocycles. The van der Waals surface area contributed by atoms with Gasteiger partial charge in [-0.1, -0.05) is 13.8 Å². The zero-order valence-electron chi connectivity index (χ0n) is 17.4. The van der Waals surface area contributed by atoms with Crippen molar-refractivity contribution in [2.45, 2.75) is 58.0 Å². The van der Waals surface area contributed by atoms with Gasteiger partial charge in [0.1, 0.15) is 5.69 Å². The monoisotopic (exact) mass is 375 g/mol. The molecular formula is C20H33N5O2. The van der Waals surface area contributed by atoms with Crippen molar-refractivity contribution in [3.63, 3.8) is 0 Å². The van der Waals surface area contributed by atoms with E-state index in [4.69, 9.17) is 0 Å². The molecule has 0 saturated carbocycles. The van der Waals surface area contributed by atoms with E-state index in [1.54, 1.807) is 0 Å². The Bertz CT molecular complexity index is 713. The highest BCUT2D eigenvalue weighted by Gasteiger charge is 2.43. The van der Waals surface area contributed by atoms with Crippen LogP contribution < -0.4 is 0 Å². The number of amides is 2. The minimum Gasteiger partial charge on any atom is -0.346 e. The van der Waals surface area contributed by atoms with Gasteiger partial charge in [0.15, 0.2) is 0 Å². The molecule has 1 aromatic heterocycles. The standard InChI is InChI=1S/C20H33N5O2/c1-6-25-17(13-16(21-25)15(2)3)19(27)24-12-11-23(5)20(14-24)8-7-18(26)22(4)10-9-20/h13,15H,6-12,14H2,1-5H3/t20-/m0/s1. The lowest BCUT2D eigenvalue weighted by molar-refractivity contribution is -0.129. The van der Waals surface area contributed by atoms with Crippen LogP contribution in [0.5, 0.6) is 0 Å². The van der Waals surface area contributed by atoms with E-state index in [0.717, 1.165) is 31.6 Å². The van der Waals surface area contributed by atoms with Gasteiger partial charge in [0.05, 0.1) is 5.69 Å². The largest absolute Gasteiger partial charge is 0.346 e. The predicted molar refractivity (Wildman–Crippen MR) is 105 cm³/mol. The van der Waals surface area contributed by atoms with Crippen molar-refractivity contribution >= 4 is 11.8 Å². The fourth-order valence-electron chi connectivity index (χ4n) is 4.23. The summed E-state index contributed by atoms with van der Waals surface area (Å²) in [5.41, 5.74) is 1.53. The summed E-state index contributed by atoms with van der Waals surface area (Å²) in [5, 5.41) is 4.61. The van der Waals surface area contributed by atoms with E-state index >= 15 is 0 Å². The van der Waals surface area contributed by atoms with Gasteiger partial charge in [-0.15, -0.1) is 0 Å². The van der Waals surface area contributed by atoms with E-state index in [1.807, 2.05) is 34.5 Å². The molecule has 2 aliphatic rings. The van der Waals surface area contributed by atoms with Crippen LogP contribution in [0.4, 0.5) is 0 Å². The Morgan fingerprint density at radius 3 is 2.63 bits per heavy atom. The second kappa shape index (κ2) is 7.62. The number of aryl methyl sites for hydroxylation is 1. The molecule has 1 aromatic rings. The number of carbonyl (C=O) groups is 2. The first-order chi connectivity index (χ1) is 12.8. The van der Waals surface area contributed by atoms with Crippen molar-refractivity contribution in [2.75, 3.05) is 40.3 Å². The number of likely N-dealkylation sites (N-methyl/N-ethyl adjacent to an activating group) is 1. The Kier molecular flexibility index (Phi) is 5.60. The molecule has 2 saturated heterocycles. The minimum absolute atomic E-state index is 0.0626. The summed E-state index contributed by atoms with van der Waals surface area (Å²) < 4.78 is 1.83. The van der Waals surface area contributed by atoms with E-state index < -0.39 is 0 Å². The molecule has 2 fully saturated rings. The van der Waals surface area contributed by atoms with Crippen LogP contribution in [-0.4, -0.2) is 82.1 Å². The minimum atomic E-state index is -0.119. The average Bonchev–Trinajstić information content (AvgIpc) is 3.04. The molecular weight excluding hydrogens is 342 g/mol. The molecule has 3 rings (SSSR count). The van der Waals surface area contributed by atoms with Gasteiger partial charge >= 0.3 is 0 Å². The summed E-state index contributed by atoms with van der Waals surface area (Å²) in [6.07, 6.45) is 2.26.